The number of amides is 1. The van der Waals surface area contributed by atoms with E-state index in [9.17, 15) is 18.0 Å². The van der Waals surface area contributed by atoms with Crippen molar-refractivity contribution in [3.63, 3.8) is 0 Å². The number of anilines is 1. The number of hydrogen-bond acceptors (Lipinski definition) is 3. The quantitative estimate of drug-likeness (QED) is 0.727. The summed E-state index contributed by atoms with van der Waals surface area (Å²) in [4.78, 5) is 11.5. The van der Waals surface area contributed by atoms with E-state index >= 15 is 0 Å². The number of ether oxygens (including phenoxy) is 1. The van der Waals surface area contributed by atoms with Gasteiger partial charge in [0.15, 0.2) is 0 Å². The summed E-state index contributed by atoms with van der Waals surface area (Å²) >= 11 is 2.86. The Labute approximate surface area is 129 Å². The highest BCUT2D eigenvalue weighted by Gasteiger charge is 2.33. The van der Waals surface area contributed by atoms with Crippen LogP contribution in [0.5, 0.6) is 0 Å². The molecule has 2 N–H and O–H groups in total. The molecule has 0 unspecified atom stereocenters. The van der Waals surface area contributed by atoms with Crippen LogP contribution in [0.15, 0.2) is 22.7 Å². The van der Waals surface area contributed by atoms with Crippen LogP contribution in [0, 0.1) is 0 Å². The molecule has 0 aromatic heterocycles. The van der Waals surface area contributed by atoms with E-state index in [4.69, 9.17) is 4.74 Å². The Morgan fingerprint density at radius 3 is 2.71 bits per heavy atom. The van der Waals surface area contributed by atoms with Crippen LogP contribution in [0.25, 0.3) is 0 Å². The summed E-state index contributed by atoms with van der Waals surface area (Å²) in [6, 6.07) is 3.72. The number of nitrogens with one attached hydrogen (secondary N) is 2. The van der Waals surface area contributed by atoms with Crippen LogP contribution in [0.4, 0.5) is 18.9 Å². The number of rotatable bonds is 7. The Hall–Kier alpha value is -1.28. The van der Waals surface area contributed by atoms with Gasteiger partial charge in [0, 0.05) is 30.4 Å². The molecule has 0 bridgehead atoms. The predicted octanol–water partition coefficient (Wildman–Crippen LogP) is 3.03. The maximum atomic E-state index is 12.7. The molecule has 0 atom stereocenters. The first-order valence-electron chi connectivity index (χ1n) is 6.21. The van der Waals surface area contributed by atoms with Crippen LogP contribution >= 0.6 is 15.9 Å². The monoisotopic (exact) mass is 368 g/mol. The minimum Gasteiger partial charge on any atom is -0.385 e. The van der Waals surface area contributed by atoms with Crippen molar-refractivity contribution in [2.24, 2.45) is 0 Å². The summed E-state index contributed by atoms with van der Waals surface area (Å²) in [6.45, 7) is 0.907. The lowest BCUT2D eigenvalue weighted by molar-refractivity contribution is -0.138. The zero-order chi connectivity index (χ0) is 15.9. The lowest BCUT2D eigenvalue weighted by atomic mass is 10.2. The van der Waals surface area contributed by atoms with E-state index in [1.54, 1.807) is 7.11 Å². The van der Waals surface area contributed by atoms with Crippen LogP contribution in [-0.2, 0) is 15.7 Å². The van der Waals surface area contributed by atoms with Gasteiger partial charge in [0.1, 0.15) is 0 Å². The maximum absolute atomic E-state index is 12.7. The number of carbonyl (C=O) groups excluding carboxylic acids is 1. The number of carbonyl (C=O) groups is 1. The van der Waals surface area contributed by atoms with Crippen molar-refractivity contribution in [3.8, 4) is 0 Å². The second-order valence-electron chi connectivity index (χ2n) is 4.24. The van der Waals surface area contributed by atoms with E-state index in [1.807, 2.05) is 0 Å². The molecule has 1 amide bonds. The zero-order valence-corrected chi connectivity index (χ0v) is 13.0. The van der Waals surface area contributed by atoms with Crippen molar-refractivity contribution in [1.29, 1.82) is 0 Å². The number of hydrogen-bond donors (Lipinski definition) is 2. The van der Waals surface area contributed by atoms with Gasteiger partial charge in [-0.1, -0.05) is 15.9 Å². The summed E-state index contributed by atoms with van der Waals surface area (Å²) < 4.78 is 42.9. The molecular formula is C13H16BrF3N2O2. The Kier molecular flexibility index (Phi) is 6.97. The Bertz CT molecular complexity index is 481. The zero-order valence-electron chi connectivity index (χ0n) is 11.4. The van der Waals surface area contributed by atoms with Gasteiger partial charge >= 0.3 is 6.18 Å². The minimum atomic E-state index is -4.45. The minimum absolute atomic E-state index is 0.0374. The number of halogens is 4. The van der Waals surface area contributed by atoms with Crippen molar-refractivity contribution in [2.75, 3.05) is 32.1 Å². The van der Waals surface area contributed by atoms with E-state index in [-0.39, 0.29) is 22.6 Å². The van der Waals surface area contributed by atoms with Gasteiger partial charge in [-0.15, -0.1) is 0 Å². The summed E-state index contributed by atoms with van der Waals surface area (Å²) in [5.74, 6) is -0.289. The van der Waals surface area contributed by atoms with Gasteiger partial charge in [-0.2, -0.15) is 13.2 Å². The van der Waals surface area contributed by atoms with Crippen molar-refractivity contribution in [1.82, 2.24) is 5.32 Å². The lowest BCUT2D eigenvalue weighted by Crippen LogP contribution is -2.31. The van der Waals surface area contributed by atoms with Crippen molar-refractivity contribution < 1.29 is 22.7 Å². The molecule has 1 rings (SSSR count). The van der Waals surface area contributed by atoms with Gasteiger partial charge in [-0.25, -0.2) is 0 Å². The summed E-state index contributed by atoms with van der Waals surface area (Å²) in [5.41, 5.74) is -0.550. The fourth-order valence-electron chi connectivity index (χ4n) is 1.54. The molecule has 0 spiro atoms. The van der Waals surface area contributed by atoms with Gasteiger partial charge in [-0.3, -0.25) is 4.79 Å². The van der Waals surface area contributed by atoms with E-state index in [0.717, 1.165) is 6.07 Å². The predicted molar refractivity (Wildman–Crippen MR) is 77.1 cm³/mol. The molecule has 118 valence electrons. The molecule has 0 saturated heterocycles. The van der Waals surface area contributed by atoms with Gasteiger partial charge in [0.25, 0.3) is 0 Å². The molecule has 8 heteroatoms. The van der Waals surface area contributed by atoms with Crippen molar-refractivity contribution in [3.05, 3.63) is 28.2 Å². The molecule has 0 saturated carbocycles. The molecular weight excluding hydrogens is 353 g/mol. The second kappa shape index (κ2) is 8.23. The number of methoxy groups -OCH3 is 1. The molecule has 0 heterocycles. The molecule has 0 aliphatic heterocycles. The molecule has 0 fully saturated rings. The highest BCUT2D eigenvalue weighted by molar-refractivity contribution is 9.10. The SMILES string of the molecule is COCCCNC(=O)CNc1ccc(Br)c(C(F)(F)F)c1. The Balaban J connectivity index is 2.51. The summed E-state index contributed by atoms with van der Waals surface area (Å²) in [5, 5.41) is 5.29. The number of alkyl halides is 3. The largest absolute Gasteiger partial charge is 0.417 e. The average molecular weight is 369 g/mol. The van der Waals surface area contributed by atoms with Gasteiger partial charge in [0.2, 0.25) is 5.91 Å². The Morgan fingerprint density at radius 1 is 1.38 bits per heavy atom. The first-order chi connectivity index (χ1) is 9.84. The van der Waals surface area contributed by atoms with Crippen LogP contribution in [0.1, 0.15) is 12.0 Å². The molecule has 21 heavy (non-hydrogen) atoms. The van der Waals surface area contributed by atoms with E-state index in [0.29, 0.717) is 19.6 Å². The molecule has 4 nitrogen and oxygen atoms in total. The third kappa shape index (κ3) is 6.34. The molecule has 1 aromatic rings. The number of benzene rings is 1. The van der Waals surface area contributed by atoms with E-state index < -0.39 is 11.7 Å². The van der Waals surface area contributed by atoms with Crippen LogP contribution in [0.2, 0.25) is 0 Å². The molecule has 1 aromatic carbocycles. The normalized spacial score (nSPS) is 11.3. The van der Waals surface area contributed by atoms with Gasteiger partial charge < -0.3 is 15.4 Å². The summed E-state index contributed by atoms with van der Waals surface area (Å²) in [7, 11) is 1.56. The first-order valence-corrected chi connectivity index (χ1v) is 7.00. The fourth-order valence-corrected chi connectivity index (χ4v) is 2.01. The molecule has 0 radical (unpaired) electrons. The average Bonchev–Trinajstić information content (AvgIpc) is 2.41. The van der Waals surface area contributed by atoms with Crippen LogP contribution < -0.4 is 10.6 Å². The van der Waals surface area contributed by atoms with Crippen LogP contribution in [0.3, 0.4) is 0 Å². The second-order valence-corrected chi connectivity index (χ2v) is 5.10. The smallest absolute Gasteiger partial charge is 0.385 e. The molecule has 0 aliphatic rings. The highest BCUT2D eigenvalue weighted by Crippen LogP contribution is 2.36. The third-order valence-electron chi connectivity index (χ3n) is 2.57. The van der Waals surface area contributed by atoms with Gasteiger partial charge in [-0.05, 0) is 24.6 Å². The van der Waals surface area contributed by atoms with Crippen LogP contribution in [-0.4, -0.2) is 32.7 Å². The topological polar surface area (TPSA) is 50.4 Å². The standard InChI is InChI=1S/C13H16BrF3N2O2/c1-21-6-2-5-18-12(20)8-19-9-3-4-11(14)10(7-9)13(15,16)17/h3-4,7,19H,2,5-6,8H2,1H3,(H,18,20). The first kappa shape index (κ1) is 17.8. The van der Waals surface area contributed by atoms with E-state index in [2.05, 4.69) is 26.6 Å². The van der Waals surface area contributed by atoms with Gasteiger partial charge in [0.05, 0.1) is 12.1 Å². The van der Waals surface area contributed by atoms with E-state index in [1.165, 1.54) is 12.1 Å². The summed E-state index contributed by atoms with van der Waals surface area (Å²) in [6.07, 6.45) is -3.77. The maximum Gasteiger partial charge on any atom is 0.417 e. The Morgan fingerprint density at radius 2 is 2.10 bits per heavy atom. The fraction of sp³-hybridized carbons (Fsp3) is 0.462. The third-order valence-corrected chi connectivity index (χ3v) is 3.26. The van der Waals surface area contributed by atoms with Crippen molar-refractivity contribution >= 4 is 27.5 Å². The lowest BCUT2D eigenvalue weighted by Gasteiger charge is -2.12. The van der Waals surface area contributed by atoms with Crippen molar-refractivity contribution in [2.45, 2.75) is 12.6 Å². The molecule has 0 aliphatic carbocycles. The highest BCUT2D eigenvalue weighted by atomic mass is 79.9.